The minimum atomic E-state index is -0.566. The van der Waals surface area contributed by atoms with Crippen LogP contribution in [0.5, 0.6) is 0 Å². The lowest BCUT2D eigenvalue weighted by Crippen LogP contribution is -2.39. The lowest BCUT2D eigenvalue weighted by Gasteiger charge is -2.19. The van der Waals surface area contributed by atoms with Crippen molar-refractivity contribution >= 4 is 23.2 Å². The van der Waals surface area contributed by atoms with Gasteiger partial charge in [-0.1, -0.05) is 24.3 Å². The van der Waals surface area contributed by atoms with Crippen LogP contribution in [-0.2, 0) is 9.59 Å². The zero-order chi connectivity index (χ0) is 20.4. The summed E-state index contributed by atoms with van der Waals surface area (Å²) in [6.07, 6.45) is 1.64. The molecule has 0 saturated carbocycles. The standard InChI is InChI=1S/C24H29N3O2/c1-17-8-9-21(14-18(17)2)27-13-11-22(24(27)29)23(28)25-15-19-10-12-26(16-19)20-6-4-3-5-7-20/h3-9,14,19,22H,10-13,15-16H2,1-2H3,(H,25,28)/t19-,22-/m1/s1. The molecule has 2 atom stereocenters. The molecule has 0 radical (unpaired) electrons. The van der Waals surface area contributed by atoms with Gasteiger partial charge in [0.25, 0.3) is 0 Å². The first-order chi connectivity index (χ1) is 14.0. The topological polar surface area (TPSA) is 52.7 Å². The third-order valence-corrected chi connectivity index (χ3v) is 6.30. The van der Waals surface area contributed by atoms with Crippen LogP contribution in [0.1, 0.15) is 24.0 Å². The van der Waals surface area contributed by atoms with E-state index in [1.165, 1.54) is 11.3 Å². The van der Waals surface area contributed by atoms with E-state index in [1.54, 1.807) is 4.90 Å². The van der Waals surface area contributed by atoms with Gasteiger partial charge in [-0.05, 0) is 68.0 Å². The highest BCUT2D eigenvalue weighted by atomic mass is 16.2. The van der Waals surface area contributed by atoms with Crippen LogP contribution in [0.15, 0.2) is 48.5 Å². The van der Waals surface area contributed by atoms with E-state index in [-0.39, 0.29) is 11.8 Å². The van der Waals surface area contributed by atoms with Crippen LogP contribution in [0.4, 0.5) is 11.4 Å². The fraction of sp³-hybridized carbons (Fsp3) is 0.417. The zero-order valence-corrected chi connectivity index (χ0v) is 17.2. The number of hydrogen-bond donors (Lipinski definition) is 1. The van der Waals surface area contributed by atoms with Crippen molar-refractivity contribution in [2.45, 2.75) is 26.7 Å². The zero-order valence-electron chi connectivity index (χ0n) is 17.2. The van der Waals surface area contributed by atoms with E-state index in [0.717, 1.165) is 30.8 Å². The normalized spacial score (nSPS) is 21.7. The monoisotopic (exact) mass is 391 g/mol. The second-order valence-electron chi connectivity index (χ2n) is 8.28. The number of nitrogens with zero attached hydrogens (tertiary/aromatic N) is 2. The van der Waals surface area contributed by atoms with Crippen molar-refractivity contribution in [2.24, 2.45) is 11.8 Å². The Morgan fingerprint density at radius 3 is 2.55 bits per heavy atom. The SMILES string of the molecule is Cc1ccc(N2CC[C@H](C(=O)NC[C@H]3CCN(c4ccccc4)C3)C2=O)cc1C. The first kappa shape index (κ1) is 19.5. The molecule has 5 heteroatoms. The number of nitrogens with one attached hydrogen (secondary N) is 1. The highest BCUT2D eigenvalue weighted by Gasteiger charge is 2.38. The summed E-state index contributed by atoms with van der Waals surface area (Å²) in [5.74, 6) is -0.350. The van der Waals surface area contributed by atoms with Gasteiger partial charge in [0.1, 0.15) is 5.92 Å². The molecule has 4 rings (SSSR count). The van der Waals surface area contributed by atoms with Gasteiger partial charge in [-0.2, -0.15) is 0 Å². The van der Waals surface area contributed by atoms with Crippen LogP contribution in [0.25, 0.3) is 0 Å². The number of benzene rings is 2. The van der Waals surface area contributed by atoms with Gasteiger partial charge in [0, 0.05) is 37.6 Å². The van der Waals surface area contributed by atoms with Crippen LogP contribution >= 0.6 is 0 Å². The molecule has 2 aliphatic heterocycles. The first-order valence-electron chi connectivity index (χ1n) is 10.5. The Kier molecular flexibility index (Phi) is 5.56. The molecule has 2 aliphatic rings. The highest BCUT2D eigenvalue weighted by Crippen LogP contribution is 2.27. The second-order valence-corrected chi connectivity index (χ2v) is 8.28. The number of aryl methyl sites for hydroxylation is 2. The fourth-order valence-corrected chi connectivity index (χ4v) is 4.31. The number of rotatable bonds is 5. The van der Waals surface area contributed by atoms with Crippen LogP contribution < -0.4 is 15.1 Å². The van der Waals surface area contributed by atoms with Gasteiger partial charge >= 0.3 is 0 Å². The Balaban J connectivity index is 1.30. The summed E-state index contributed by atoms with van der Waals surface area (Å²) in [5.41, 5.74) is 4.49. The number of anilines is 2. The molecule has 5 nitrogen and oxygen atoms in total. The largest absolute Gasteiger partial charge is 0.371 e. The molecule has 2 aromatic rings. The highest BCUT2D eigenvalue weighted by molar-refractivity contribution is 6.09. The fourth-order valence-electron chi connectivity index (χ4n) is 4.31. The van der Waals surface area contributed by atoms with E-state index in [2.05, 4.69) is 41.4 Å². The van der Waals surface area contributed by atoms with E-state index in [0.29, 0.717) is 25.4 Å². The summed E-state index contributed by atoms with van der Waals surface area (Å²) in [6, 6.07) is 16.4. The summed E-state index contributed by atoms with van der Waals surface area (Å²) >= 11 is 0. The summed E-state index contributed by atoms with van der Waals surface area (Å²) in [6.45, 7) is 7.29. The Morgan fingerprint density at radius 2 is 1.79 bits per heavy atom. The van der Waals surface area contributed by atoms with Crippen molar-refractivity contribution in [3.8, 4) is 0 Å². The van der Waals surface area contributed by atoms with E-state index in [4.69, 9.17) is 0 Å². The molecule has 0 unspecified atom stereocenters. The van der Waals surface area contributed by atoms with Gasteiger partial charge < -0.3 is 15.1 Å². The predicted molar refractivity (Wildman–Crippen MR) is 116 cm³/mol. The minimum Gasteiger partial charge on any atom is -0.371 e. The van der Waals surface area contributed by atoms with E-state index in [1.807, 2.05) is 31.2 Å². The van der Waals surface area contributed by atoms with Gasteiger partial charge in [-0.25, -0.2) is 0 Å². The van der Waals surface area contributed by atoms with Gasteiger partial charge in [-0.3, -0.25) is 9.59 Å². The molecule has 0 aliphatic carbocycles. The first-order valence-corrected chi connectivity index (χ1v) is 10.5. The van der Waals surface area contributed by atoms with E-state index < -0.39 is 5.92 Å². The lowest BCUT2D eigenvalue weighted by atomic mass is 10.1. The average Bonchev–Trinajstić information content (AvgIpc) is 3.36. The maximum absolute atomic E-state index is 12.8. The predicted octanol–water partition coefficient (Wildman–Crippen LogP) is 3.30. The summed E-state index contributed by atoms with van der Waals surface area (Å²) in [5, 5.41) is 3.05. The Labute approximate surface area is 172 Å². The second kappa shape index (κ2) is 8.27. The molecule has 0 aromatic heterocycles. The molecular formula is C24H29N3O2. The van der Waals surface area contributed by atoms with E-state index in [9.17, 15) is 9.59 Å². The molecule has 0 spiro atoms. The summed E-state index contributed by atoms with van der Waals surface area (Å²) in [4.78, 5) is 29.6. The molecule has 152 valence electrons. The maximum atomic E-state index is 12.8. The number of carbonyl (C=O) groups is 2. The van der Waals surface area contributed by atoms with Crippen LogP contribution in [0, 0.1) is 25.7 Å². The molecule has 2 aromatic carbocycles. The Bertz CT molecular complexity index is 896. The van der Waals surface area contributed by atoms with Crippen LogP contribution in [0.2, 0.25) is 0 Å². The third kappa shape index (κ3) is 4.14. The molecule has 2 heterocycles. The number of amides is 2. The molecule has 2 fully saturated rings. The van der Waals surface area contributed by atoms with Crippen molar-refractivity contribution in [3.05, 3.63) is 59.7 Å². The molecule has 1 N–H and O–H groups in total. The van der Waals surface area contributed by atoms with Crippen molar-refractivity contribution in [3.63, 3.8) is 0 Å². The van der Waals surface area contributed by atoms with Gasteiger partial charge in [0.15, 0.2) is 0 Å². The number of hydrogen-bond acceptors (Lipinski definition) is 3. The van der Waals surface area contributed by atoms with Crippen molar-refractivity contribution < 1.29 is 9.59 Å². The Morgan fingerprint density at radius 1 is 1.00 bits per heavy atom. The van der Waals surface area contributed by atoms with Crippen molar-refractivity contribution in [2.75, 3.05) is 36.0 Å². The Hall–Kier alpha value is -2.82. The van der Waals surface area contributed by atoms with Crippen molar-refractivity contribution in [1.82, 2.24) is 5.32 Å². The van der Waals surface area contributed by atoms with E-state index >= 15 is 0 Å². The van der Waals surface area contributed by atoms with Crippen molar-refractivity contribution in [1.29, 1.82) is 0 Å². The maximum Gasteiger partial charge on any atom is 0.239 e. The third-order valence-electron chi connectivity index (χ3n) is 6.30. The smallest absolute Gasteiger partial charge is 0.239 e. The van der Waals surface area contributed by atoms with Gasteiger partial charge in [0.05, 0.1) is 0 Å². The summed E-state index contributed by atoms with van der Waals surface area (Å²) < 4.78 is 0. The number of para-hydroxylation sites is 1. The average molecular weight is 392 g/mol. The molecule has 29 heavy (non-hydrogen) atoms. The molecule has 2 amide bonds. The minimum absolute atomic E-state index is 0.0805. The van der Waals surface area contributed by atoms with Gasteiger partial charge in [-0.15, -0.1) is 0 Å². The van der Waals surface area contributed by atoms with Crippen LogP contribution in [0.3, 0.4) is 0 Å². The molecule has 0 bridgehead atoms. The van der Waals surface area contributed by atoms with Crippen LogP contribution in [-0.4, -0.2) is 38.0 Å². The summed E-state index contributed by atoms with van der Waals surface area (Å²) in [7, 11) is 0. The lowest BCUT2D eigenvalue weighted by molar-refractivity contribution is -0.132. The quantitative estimate of drug-likeness (QED) is 0.796. The molecule has 2 saturated heterocycles. The van der Waals surface area contributed by atoms with Gasteiger partial charge in [0.2, 0.25) is 11.8 Å². The molecular weight excluding hydrogens is 362 g/mol. The number of carbonyl (C=O) groups excluding carboxylic acids is 2.